The van der Waals surface area contributed by atoms with E-state index >= 15 is 0 Å². The molecule has 2 aromatic heterocycles. The number of fused-ring (bicyclic) bond motifs is 2. The second kappa shape index (κ2) is 4.77. The van der Waals surface area contributed by atoms with Crippen LogP contribution in [0, 0.1) is 6.92 Å². The number of rotatable bonds is 3. The Balaban J connectivity index is 1.66. The van der Waals surface area contributed by atoms with Crippen LogP contribution in [-0.4, -0.2) is 42.1 Å². The van der Waals surface area contributed by atoms with Crippen LogP contribution in [0.25, 0.3) is 5.65 Å². The highest BCUT2D eigenvalue weighted by Gasteiger charge is 2.44. The molecule has 1 aliphatic rings. The Hall–Kier alpha value is -2.96. The van der Waals surface area contributed by atoms with E-state index in [1.165, 1.54) is 4.90 Å². The van der Waals surface area contributed by atoms with Crippen molar-refractivity contribution in [3.05, 3.63) is 53.0 Å². The van der Waals surface area contributed by atoms with Crippen molar-refractivity contribution < 1.29 is 9.59 Å². The maximum atomic E-state index is 12.7. The minimum Gasteiger partial charge on any atom is -0.281 e. The number of aromatic amines is 1. The van der Waals surface area contributed by atoms with E-state index in [-0.39, 0.29) is 11.8 Å². The molecule has 0 unspecified atom stereocenters. The van der Waals surface area contributed by atoms with Gasteiger partial charge in [-0.2, -0.15) is 4.63 Å². The van der Waals surface area contributed by atoms with Crippen molar-refractivity contribution in [1.82, 2.24) is 24.7 Å². The number of nitrogens with zero attached hydrogens (tertiary/aromatic N) is 4. The van der Waals surface area contributed by atoms with Gasteiger partial charge in [0, 0.05) is 18.2 Å². The van der Waals surface area contributed by atoms with Crippen LogP contribution in [0.2, 0.25) is 0 Å². The van der Waals surface area contributed by atoms with Gasteiger partial charge in [0.2, 0.25) is 0 Å². The van der Waals surface area contributed by atoms with Gasteiger partial charge in [-0.3, -0.25) is 19.6 Å². The number of aryl methyl sites for hydroxylation is 1. The second-order valence-corrected chi connectivity index (χ2v) is 6.72. The lowest BCUT2D eigenvalue weighted by Crippen LogP contribution is -2.49. The maximum absolute atomic E-state index is 12.7. The molecule has 4 rings (SSSR count). The first-order valence-electron chi connectivity index (χ1n) is 7.76. The van der Waals surface area contributed by atoms with Crippen LogP contribution in [0.1, 0.15) is 46.1 Å². The SMILES string of the molecule is Cc1cc2nc(CC(C)(C)N3C(=O)c4ccccc4C3=O)nn2[nH]1. The first kappa shape index (κ1) is 14.6. The lowest BCUT2D eigenvalue weighted by Gasteiger charge is -2.32. The van der Waals surface area contributed by atoms with Gasteiger partial charge >= 0.3 is 0 Å². The van der Waals surface area contributed by atoms with E-state index in [2.05, 4.69) is 15.2 Å². The number of nitrogens with one attached hydrogen (secondary N) is 1. The van der Waals surface area contributed by atoms with Gasteiger partial charge in [0.1, 0.15) is 0 Å². The van der Waals surface area contributed by atoms with E-state index in [1.807, 2.05) is 26.8 Å². The lowest BCUT2D eigenvalue weighted by molar-refractivity contribution is 0.0478. The summed E-state index contributed by atoms with van der Waals surface area (Å²) in [7, 11) is 0. The van der Waals surface area contributed by atoms with Gasteiger partial charge in [-0.15, -0.1) is 5.10 Å². The fourth-order valence-corrected chi connectivity index (χ4v) is 3.22. The van der Waals surface area contributed by atoms with E-state index in [9.17, 15) is 9.59 Å². The summed E-state index contributed by atoms with van der Waals surface area (Å²) in [5.74, 6) is 0.0604. The Kier molecular flexibility index (Phi) is 2.90. The summed E-state index contributed by atoms with van der Waals surface area (Å²) in [6.07, 6.45) is 0.382. The minimum absolute atomic E-state index is 0.263. The summed E-state index contributed by atoms with van der Waals surface area (Å²) in [4.78, 5) is 31.1. The molecule has 0 saturated heterocycles. The molecule has 122 valence electrons. The molecule has 24 heavy (non-hydrogen) atoms. The van der Waals surface area contributed by atoms with Crippen molar-refractivity contribution in [2.24, 2.45) is 0 Å². The molecule has 1 aromatic carbocycles. The molecule has 7 nitrogen and oxygen atoms in total. The van der Waals surface area contributed by atoms with Gasteiger partial charge in [-0.25, -0.2) is 4.98 Å². The molecule has 0 fully saturated rings. The predicted octanol–water partition coefficient (Wildman–Crippen LogP) is 1.98. The Morgan fingerprint density at radius 3 is 2.33 bits per heavy atom. The van der Waals surface area contributed by atoms with Crippen molar-refractivity contribution in [1.29, 1.82) is 0 Å². The fourth-order valence-electron chi connectivity index (χ4n) is 3.22. The zero-order valence-electron chi connectivity index (χ0n) is 13.7. The zero-order chi connectivity index (χ0) is 17.1. The zero-order valence-corrected chi connectivity index (χ0v) is 13.7. The summed E-state index contributed by atoms with van der Waals surface area (Å²) in [5, 5.41) is 7.45. The van der Waals surface area contributed by atoms with Crippen molar-refractivity contribution in [2.45, 2.75) is 32.7 Å². The largest absolute Gasteiger partial charge is 0.281 e. The first-order chi connectivity index (χ1) is 11.4. The highest BCUT2D eigenvalue weighted by Crippen LogP contribution is 2.31. The van der Waals surface area contributed by atoms with Crippen molar-refractivity contribution in [3.63, 3.8) is 0 Å². The summed E-state index contributed by atoms with van der Waals surface area (Å²) in [6, 6.07) is 8.80. The van der Waals surface area contributed by atoms with Crippen LogP contribution in [0.3, 0.4) is 0 Å². The number of hydrogen-bond acceptors (Lipinski definition) is 4. The average Bonchev–Trinajstić information content (AvgIpc) is 3.10. The second-order valence-electron chi connectivity index (χ2n) is 6.72. The van der Waals surface area contributed by atoms with E-state index < -0.39 is 5.54 Å². The van der Waals surface area contributed by atoms with Gasteiger partial charge in [-0.05, 0) is 32.9 Å². The van der Waals surface area contributed by atoms with E-state index in [1.54, 1.807) is 28.9 Å². The maximum Gasteiger partial charge on any atom is 0.262 e. The number of benzene rings is 1. The number of carbonyl (C=O) groups excluding carboxylic acids is 2. The van der Waals surface area contributed by atoms with Crippen molar-refractivity contribution in [3.8, 4) is 0 Å². The third-order valence-corrected chi connectivity index (χ3v) is 4.29. The van der Waals surface area contributed by atoms with Crippen LogP contribution in [0.4, 0.5) is 0 Å². The molecule has 1 N–H and O–H groups in total. The molecule has 0 aliphatic carbocycles. The highest BCUT2D eigenvalue weighted by molar-refractivity contribution is 6.21. The van der Waals surface area contributed by atoms with E-state index in [0.717, 1.165) is 11.3 Å². The van der Waals surface area contributed by atoms with Gasteiger partial charge in [0.15, 0.2) is 11.5 Å². The normalized spacial score (nSPS) is 14.7. The first-order valence-corrected chi connectivity index (χ1v) is 7.76. The fraction of sp³-hybridized carbons (Fsp3) is 0.294. The van der Waals surface area contributed by atoms with Gasteiger partial charge in [-0.1, -0.05) is 12.1 Å². The number of amides is 2. The summed E-state index contributed by atoms with van der Waals surface area (Å²) >= 11 is 0. The summed E-state index contributed by atoms with van der Waals surface area (Å²) < 4.78 is 1.60. The Bertz CT molecular complexity index is 915. The average molecular weight is 323 g/mol. The molecule has 2 amide bonds. The van der Waals surface area contributed by atoms with Crippen molar-refractivity contribution >= 4 is 17.5 Å². The Morgan fingerprint density at radius 2 is 1.75 bits per heavy atom. The Labute approximate surface area is 138 Å². The number of H-pyrrole nitrogens is 1. The highest BCUT2D eigenvalue weighted by atomic mass is 16.2. The number of hydrogen-bond donors (Lipinski definition) is 1. The number of imide groups is 1. The van der Waals surface area contributed by atoms with Crippen molar-refractivity contribution in [2.75, 3.05) is 0 Å². The number of carbonyl (C=O) groups is 2. The van der Waals surface area contributed by atoms with Gasteiger partial charge in [0.05, 0.1) is 16.7 Å². The van der Waals surface area contributed by atoms with Gasteiger partial charge in [0.25, 0.3) is 11.8 Å². The molecule has 3 heterocycles. The molecule has 0 bridgehead atoms. The van der Waals surface area contributed by atoms with E-state index in [4.69, 9.17) is 0 Å². The number of aromatic nitrogens is 4. The third-order valence-electron chi connectivity index (χ3n) is 4.29. The van der Waals surface area contributed by atoms with Crippen LogP contribution in [0.5, 0.6) is 0 Å². The molecule has 0 radical (unpaired) electrons. The molecule has 3 aromatic rings. The molecule has 0 spiro atoms. The predicted molar refractivity (Wildman–Crippen MR) is 86.8 cm³/mol. The van der Waals surface area contributed by atoms with Crippen LogP contribution in [-0.2, 0) is 6.42 Å². The smallest absolute Gasteiger partial charge is 0.262 e. The molecular formula is C17H17N5O2. The Morgan fingerprint density at radius 1 is 1.12 bits per heavy atom. The topological polar surface area (TPSA) is 83.4 Å². The van der Waals surface area contributed by atoms with Gasteiger partial charge < -0.3 is 0 Å². The minimum atomic E-state index is -0.728. The lowest BCUT2D eigenvalue weighted by atomic mass is 9.97. The summed E-state index contributed by atoms with van der Waals surface area (Å²) in [6.45, 7) is 5.64. The molecule has 7 heteroatoms. The molecular weight excluding hydrogens is 306 g/mol. The molecule has 1 aliphatic heterocycles. The monoisotopic (exact) mass is 323 g/mol. The van der Waals surface area contributed by atoms with Crippen LogP contribution in [0.15, 0.2) is 30.3 Å². The third kappa shape index (κ3) is 2.05. The standard InChI is InChI=1S/C17H17N5O2/c1-10-8-14-18-13(20-22(14)19-10)9-17(2,3)21-15(23)11-6-4-5-7-12(11)16(21)24/h4-8,19H,9H2,1-3H3. The molecule has 0 atom stereocenters. The van der Waals surface area contributed by atoms with Crippen LogP contribution >= 0.6 is 0 Å². The molecule has 0 saturated carbocycles. The van der Waals surface area contributed by atoms with E-state index in [0.29, 0.717) is 23.4 Å². The quantitative estimate of drug-likeness (QED) is 0.747. The summed E-state index contributed by atoms with van der Waals surface area (Å²) in [5.41, 5.74) is 1.87. The van der Waals surface area contributed by atoms with Crippen LogP contribution < -0.4 is 0 Å².